The first-order valence-electron chi connectivity index (χ1n) is 17.8. The van der Waals surface area contributed by atoms with Gasteiger partial charge in [0, 0.05) is 48.4 Å². The Balaban J connectivity index is 1.31. The van der Waals surface area contributed by atoms with Gasteiger partial charge in [-0.05, 0) is 89.9 Å². The molecule has 0 amide bonds. The third-order valence-electron chi connectivity index (χ3n) is 10.4. The maximum Gasteiger partial charge on any atom is 0.0726 e. The number of para-hydroxylation sites is 2. The molecule has 10 aromatic rings. The van der Waals surface area contributed by atoms with E-state index in [0.717, 1.165) is 11.4 Å². The monoisotopic (exact) mass is 682 g/mol. The molecule has 2 nitrogen and oxygen atoms in total. The molecule has 0 aliphatic carbocycles. The van der Waals surface area contributed by atoms with Gasteiger partial charge < -0.3 is 9.13 Å². The number of hydrogen-bond acceptors (Lipinski definition) is 1. The molecule has 0 N–H and O–H groups in total. The molecule has 52 heavy (non-hydrogen) atoms. The van der Waals surface area contributed by atoms with Gasteiger partial charge in [-0.1, -0.05) is 122 Å². The Morgan fingerprint density at radius 3 is 2.02 bits per heavy atom. The van der Waals surface area contributed by atoms with Gasteiger partial charge in [-0.2, -0.15) is 0 Å². The number of hydrogen-bond donors (Lipinski definition) is 0. The van der Waals surface area contributed by atoms with E-state index in [-0.39, 0.29) is 0 Å². The first-order chi connectivity index (χ1) is 25.7. The van der Waals surface area contributed by atoms with Gasteiger partial charge in [0.2, 0.25) is 0 Å². The number of benzene rings is 7. The van der Waals surface area contributed by atoms with Crippen molar-refractivity contribution in [1.82, 2.24) is 9.13 Å². The van der Waals surface area contributed by atoms with Crippen LogP contribution in [0.3, 0.4) is 0 Å². The summed E-state index contributed by atoms with van der Waals surface area (Å²) in [5.41, 5.74) is 12.0. The number of fused-ring (bicyclic) bond motifs is 10. The Kier molecular flexibility index (Phi) is 7.09. The van der Waals surface area contributed by atoms with Crippen LogP contribution in [0.25, 0.3) is 97.4 Å². The Morgan fingerprint density at radius 1 is 0.577 bits per heavy atom. The second-order valence-corrected chi connectivity index (χ2v) is 14.4. The van der Waals surface area contributed by atoms with E-state index in [0.29, 0.717) is 0 Å². The fraction of sp³-hybridized carbons (Fsp3) is 0.0204. The molecular formula is C49H34N2S. The molecule has 10 rings (SSSR count). The van der Waals surface area contributed by atoms with Crippen molar-refractivity contribution in [2.75, 3.05) is 0 Å². The highest BCUT2D eigenvalue weighted by atomic mass is 32.1. The van der Waals surface area contributed by atoms with Crippen LogP contribution in [0.4, 0.5) is 0 Å². The Bertz CT molecular complexity index is 3070. The molecule has 3 aromatic heterocycles. The van der Waals surface area contributed by atoms with Crippen LogP contribution < -0.4 is 0 Å². The molecule has 0 fully saturated rings. The highest BCUT2D eigenvalue weighted by molar-refractivity contribution is 7.26. The molecule has 0 saturated heterocycles. The van der Waals surface area contributed by atoms with Crippen molar-refractivity contribution in [1.29, 1.82) is 0 Å². The van der Waals surface area contributed by atoms with Crippen molar-refractivity contribution in [3.8, 4) is 27.9 Å². The number of rotatable bonds is 6. The molecule has 7 aromatic carbocycles. The van der Waals surface area contributed by atoms with Crippen LogP contribution in [-0.4, -0.2) is 9.13 Å². The standard InChI is InChI=1S/C49H34N2S/c1-3-14-35(15-4-2)50-43-21-11-8-18-37(43)41-30-34(26-29-45(41)50)40-31-42-38-19-10-13-23-46(38)52-49(42)48-47(40)39-20-9-12-22-44(39)51(48)36-27-24-33(25-28-36)32-16-6-5-7-17-32/h3-31H,1H2,2H3/b15-4-,35-14+. The molecule has 0 aliphatic rings. The molecule has 3 heterocycles. The molecule has 0 bridgehead atoms. The molecule has 0 radical (unpaired) electrons. The summed E-state index contributed by atoms with van der Waals surface area (Å²) in [6.07, 6.45) is 8.20. The lowest BCUT2D eigenvalue weighted by Gasteiger charge is -2.12. The summed E-state index contributed by atoms with van der Waals surface area (Å²) in [6.45, 7) is 6.08. The molecule has 3 heteroatoms. The fourth-order valence-electron chi connectivity index (χ4n) is 8.17. The molecule has 0 unspecified atom stereocenters. The smallest absolute Gasteiger partial charge is 0.0726 e. The van der Waals surface area contributed by atoms with Crippen molar-refractivity contribution in [2.45, 2.75) is 6.92 Å². The van der Waals surface area contributed by atoms with E-state index >= 15 is 0 Å². The van der Waals surface area contributed by atoms with Crippen LogP contribution in [0.5, 0.6) is 0 Å². The van der Waals surface area contributed by atoms with Gasteiger partial charge in [-0.25, -0.2) is 0 Å². The zero-order valence-electron chi connectivity index (χ0n) is 28.8. The van der Waals surface area contributed by atoms with Crippen molar-refractivity contribution in [3.05, 3.63) is 183 Å². The number of thiophene rings is 1. The minimum atomic E-state index is 1.09. The zero-order chi connectivity index (χ0) is 34.8. The first kappa shape index (κ1) is 30.4. The van der Waals surface area contributed by atoms with E-state index in [4.69, 9.17) is 0 Å². The van der Waals surface area contributed by atoms with E-state index in [1.807, 2.05) is 17.4 Å². The first-order valence-corrected chi connectivity index (χ1v) is 18.6. The highest BCUT2D eigenvalue weighted by Crippen LogP contribution is 2.48. The van der Waals surface area contributed by atoms with E-state index in [2.05, 4.69) is 193 Å². The highest BCUT2D eigenvalue weighted by Gasteiger charge is 2.23. The van der Waals surface area contributed by atoms with E-state index in [1.54, 1.807) is 0 Å². The largest absolute Gasteiger partial charge is 0.309 e. The summed E-state index contributed by atoms with van der Waals surface area (Å²) in [6, 6.07) is 55.6. The Labute approximate surface area is 306 Å². The molecule has 0 atom stereocenters. The normalized spacial score (nSPS) is 12.4. The zero-order valence-corrected chi connectivity index (χ0v) is 29.6. The van der Waals surface area contributed by atoms with Crippen LogP contribution in [0.1, 0.15) is 6.92 Å². The average Bonchev–Trinajstić information content (AvgIpc) is 3.86. The lowest BCUT2D eigenvalue weighted by atomic mass is 9.95. The quantitative estimate of drug-likeness (QED) is 0.155. The summed E-state index contributed by atoms with van der Waals surface area (Å²) in [5, 5.41) is 7.59. The lowest BCUT2D eigenvalue weighted by Crippen LogP contribution is -1.95. The fourth-order valence-corrected chi connectivity index (χ4v) is 9.40. The third kappa shape index (κ3) is 4.56. The van der Waals surface area contributed by atoms with E-state index < -0.39 is 0 Å². The van der Waals surface area contributed by atoms with Crippen LogP contribution in [-0.2, 0) is 0 Å². The number of aromatic nitrogens is 2. The summed E-state index contributed by atoms with van der Waals surface area (Å²) >= 11 is 1.89. The second-order valence-electron chi connectivity index (χ2n) is 13.3. The van der Waals surface area contributed by atoms with Gasteiger partial charge >= 0.3 is 0 Å². The maximum absolute atomic E-state index is 4.02. The number of allylic oxidation sites excluding steroid dienone is 5. The van der Waals surface area contributed by atoms with Gasteiger partial charge in [-0.15, -0.1) is 11.3 Å². The van der Waals surface area contributed by atoms with Crippen LogP contribution in [0.2, 0.25) is 0 Å². The predicted octanol–water partition coefficient (Wildman–Crippen LogP) is 14.2. The van der Waals surface area contributed by atoms with Crippen LogP contribution in [0, 0.1) is 0 Å². The molecule has 246 valence electrons. The summed E-state index contributed by atoms with van der Waals surface area (Å²) in [4.78, 5) is 0. The van der Waals surface area contributed by atoms with Gasteiger partial charge in [0.05, 0.1) is 26.8 Å². The third-order valence-corrected chi connectivity index (χ3v) is 11.6. The second kappa shape index (κ2) is 12.1. The summed E-state index contributed by atoms with van der Waals surface area (Å²) in [7, 11) is 0. The van der Waals surface area contributed by atoms with Gasteiger partial charge in [0.15, 0.2) is 0 Å². The molecular weight excluding hydrogens is 649 g/mol. The maximum atomic E-state index is 4.02. The molecule has 0 saturated carbocycles. The summed E-state index contributed by atoms with van der Waals surface area (Å²) in [5.74, 6) is 0. The van der Waals surface area contributed by atoms with Crippen LogP contribution >= 0.6 is 11.3 Å². The van der Waals surface area contributed by atoms with E-state index in [9.17, 15) is 0 Å². The number of nitrogens with zero attached hydrogens (tertiary/aromatic N) is 2. The SMILES string of the molecule is C=C/C=C(\C=C/C)n1c2ccccc2c2cc(-c3cc4c5ccccc5sc4c4c3c3ccccc3n4-c3ccc(-c4ccccc4)cc3)ccc21. The van der Waals surface area contributed by atoms with E-state index in [1.165, 1.54) is 86.0 Å². The summed E-state index contributed by atoms with van der Waals surface area (Å²) < 4.78 is 7.46. The van der Waals surface area contributed by atoms with Gasteiger partial charge in [0.1, 0.15) is 0 Å². The average molecular weight is 683 g/mol. The minimum absolute atomic E-state index is 1.09. The van der Waals surface area contributed by atoms with Crippen molar-refractivity contribution < 1.29 is 0 Å². The predicted molar refractivity (Wildman–Crippen MR) is 227 cm³/mol. The van der Waals surface area contributed by atoms with Crippen molar-refractivity contribution in [3.63, 3.8) is 0 Å². The van der Waals surface area contributed by atoms with Crippen LogP contribution in [0.15, 0.2) is 183 Å². The topological polar surface area (TPSA) is 9.86 Å². The Hall–Kier alpha value is -6.42. The van der Waals surface area contributed by atoms with Crippen molar-refractivity contribution >= 4 is 80.8 Å². The lowest BCUT2D eigenvalue weighted by molar-refractivity contribution is 1.19. The van der Waals surface area contributed by atoms with Gasteiger partial charge in [-0.3, -0.25) is 0 Å². The van der Waals surface area contributed by atoms with Gasteiger partial charge in [0.25, 0.3) is 0 Å². The molecule has 0 spiro atoms. The Morgan fingerprint density at radius 2 is 1.23 bits per heavy atom. The minimum Gasteiger partial charge on any atom is -0.309 e. The van der Waals surface area contributed by atoms with Crippen molar-refractivity contribution in [2.24, 2.45) is 0 Å². The molecule has 0 aliphatic heterocycles.